The Bertz CT molecular complexity index is 806. The average molecular weight is 363 g/mol. The fourth-order valence-electron chi connectivity index (χ4n) is 2.36. The average Bonchev–Trinajstić information content (AvgIpc) is 2.59. The highest BCUT2D eigenvalue weighted by atomic mass is 32.2. The minimum Gasteiger partial charge on any atom is -0.305 e. The maximum absolute atomic E-state index is 12.4. The van der Waals surface area contributed by atoms with Gasteiger partial charge in [0.1, 0.15) is 0 Å². The van der Waals surface area contributed by atoms with Gasteiger partial charge in [-0.25, -0.2) is 13.1 Å². The van der Waals surface area contributed by atoms with Crippen LogP contribution in [0.3, 0.4) is 0 Å². The van der Waals surface area contributed by atoms with Crippen LogP contribution in [0.15, 0.2) is 59.5 Å². The molecule has 0 aliphatic rings. The van der Waals surface area contributed by atoms with Gasteiger partial charge >= 0.3 is 0 Å². The van der Waals surface area contributed by atoms with Crippen LogP contribution >= 0.6 is 0 Å². The SMILES string of the molecule is CN(C)[C@H](CNS(=O)(=O)c1ccc([N+](=O)[O-])cc1)Cc1ccccc1. The van der Waals surface area contributed by atoms with E-state index in [0.29, 0.717) is 6.42 Å². The van der Waals surface area contributed by atoms with Crippen molar-refractivity contribution in [2.24, 2.45) is 0 Å². The van der Waals surface area contributed by atoms with E-state index in [9.17, 15) is 18.5 Å². The molecule has 0 radical (unpaired) electrons. The lowest BCUT2D eigenvalue weighted by Gasteiger charge is -2.24. The molecular weight excluding hydrogens is 342 g/mol. The lowest BCUT2D eigenvalue weighted by atomic mass is 10.1. The van der Waals surface area contributed by atoms with Crippen LogP contribution in [0.1, 0.15) is 5.56 Å². The first kappa shape index (κ1) is 19.0. The Hall–Kier alpha value is -2.29. The number of hydrogen-bond donors (Lipinski definition) is 1. The van der Waals surface area contributed by atoms with E-state index in [1.165, 1.54) is 24.3 Å². The molecular formula is C17H21N3O4S. The van der Waals surface area contributed by atoms with Crippen molar-refractivity contribution in [3.63, 3.8) is 0 Å². The summed E-state index contributed by atoms with van der Waals surface area (Å²) >= 11 is 0. The van der Waals surface area contributed by atoms with Crippen molar-refractivity contribution < 1.29 is 13.3 Å². The summed E-state index contributed by atoms with van der Waals surface area (Å²) in [5.41, 5.74) is 0.977. The summed E-state index contributed by atoms with van der Waals surface area (Å²) in [7, 11) is 0.0703. The second-order valence-corrected chi connectivity index (χ2v) is 7.68. The van der Waals surface area contributed by atoms with Gasteiger partial charge < -0.3 is 4.90 Å². The van der Waals surface area contributed by atoms with Gasteiger partial charge in [-0.15, -0.1) is 0 Å². The van der Waals surface area contributed by atoms with Crippen LogP contribution in [0, 0.1) is 10.1 Å². The van der Waals surface area contributed by atoms with Crippen LogP contribution in [0.5, 0.6) is 0 Å². The number of likely N-dealkylation sites (N-methyl/N-ethyl adjacent to an activating group) is 1. The molecule has 0 spiro atoms. The van der Waals surface area contributed by atoms with E-state index in [0.717, 1.165) is 5.56 Å². The number of nitrogens with one attached hydrogen (secondary N) is 1. The highest BCUT2D eigenvalue weighted by Gasteiger charge is 2.19. The van der Waals surface area contributed by atoms with Gasteiger partial charge in [-0.1, -0.05) is 30.3 Å². The van der Waals surface area contributed by atoms with Gasteiger partial charge in [-0.3, -0.25) is 10.1 Å². The van der Waals surface area contributed by atoms with E-state index in [4.69, 9.17) is 0 Å². The van der Waals surface area contributed by atoms with Crippen LogP contribution in [0.25, 0.3) is 0 Å². The summed E-state index contributed by atoms with van der Waals surface area (Å²) in [6.07, 6.45) is 0.705. The van der Waals surface area contributed by atoms with Crippen molar-refractivity contribution in [1.29, 1.82) is 0 Å². The molecule has 0 saturated heterocycles. The number of hydrogen-bond acceptors (Lipinski definition) is 5. The summed E-state index contributed by atoms with van der Waals surface area (Å²) < 4.78 is 27.4. The first-order valence-electron chi connectivity index (χ1n) is 7.74. The molecule has 0 amide bonds. The second kappa shape index (κ2) is 8.19. The molecule has 0 fully saturated rings. The van der Waals surface area contributed by atoms with Crippen molar-refractivity contribution in [2.45, 2.75) is 17.4 Å². The highest BCUT2D eigenvalue weighted by molar-refractivity contribution is 7.89. The van der Waals surface area contributed by atoms with Gasteiger partial charge in [0.15, 0.2) is 0 Å². The number of non-ortho nitro benzene ring substituents is 1. The number of nitrogens with zero attached hydrogens (tertiary/aromatic N) is 2. The zero-order valence-corrected chi connectivity index (χ0v) is 14.9. The Kier molecular flexibility index (Phi) is 6.24. The van der Waals surface area contributed by atoms with Crippen LogP contribution in [-0.4, -0.2) is 44.9 Å². The van der Waals surface area contributed by atoms with Gasteiger partial charge in [0.2, 0.25) is 10.0 Å². The lowest BCUT2D eigenvalue weighted by Crippen LogP contribution is -2.41. The minimum absolute atomic E-state index is 0.00955. The van der Waals surface area contributed by atoms with E-state index in [1.807, 2.05) is 49.3 Å². The molecule has 0 heterocycles. The van der Waals surface area contributed by atoms with E-state index in [2.05, 4.69) is 4.72 Å². The molecule has 0 bridgehead atoms. The van der Waals surface area contributed by atoms with E-state index >= 15 is 0 Å². The van der Waals surface area contributed by atoms with Crippen LogP contribution in [0.2, 0.25) is 0 Å². The van der Waals surface area contributed by atoms with Gasteiger partial charge in [0.05, 0.1) is 9.82 Å². The molecule has 0 aliphatic heterocycles. The molecule has 0 aromatic heterocycles. The number of nitro benzene ring substituents is 1. The first-order chi connectivity index (χ1) is 11.8. The van der Waals surface area contributed by atoms with Crippen molar-refractivity contribution in [3.8, 4) is 0 Å². The topological polar surface area (TPSA) is 92.6 Å². The fraction of sp³-hybridized carbons (Fsp3) is 0.294. The molecule has 2 rings (SSSR count). The molecule has 1 atom stereocenters. The van der Waals surface area contributed by atoms with E-state index in [1.54, 1.807) is 0 Å². The first-order valence-corrected chi connectivity index (χ1v) is 9.22. The lowest BCUT2D eigenvalue weighted by molar-refractivity contribution is -0.384. The molecule has 2 aromatic carbocycles. The van der Waals surface area contributed by atoms with E-state index < -0.39 is 14.9 Å². The number of sulfonamides is 1. The quantitative estimate of drug-likeness (QED) is 0.572. The van der Waals surface area contributed by atoms with Crippen molar-refractivity contribution in [3.05, 3.63) is 70.3 Å². The number of rotatable bonds is 8. The maximum atomic E-state index is 12.4. The van der Waals surface area contributed by atoms with Crippen LogP contribution in [-0.2, 0) is 16.4 Å². The molecule has 134 valence electrons. The molecule has 0 aliphatic carbocycles. The monoisotopic (exact) mass is 363 g/mol. The van der Waals surface area contributed by atoms with Crippen LogP contribution < -0.4 is 4.72 Å². The molecule has 1 N–H and O–H groups in total. The normalized spacial score (nSPS) is 12.9. The Morgan fingerprint density at radius 3 is 2.20 bits per heavy atom. The zero-order valence-electron chi connectivity index (χ0n) is 14.1. The van der Waals surface area contributed by atoms with Gasteiger partial charge in [0, 0.05) is 24.7 Å². The smallest absolute Gasteiger partial charge is 0.269 e. The number of nitro groups is 1. The maximum Gasteiger partial charge on any atom is 0.269 e. The zero-order chi connectivity index (χ0) is 18.4. The highest BCUT2D eigenvalue weighted by Crippen LogP contribution is 2.16. The minimum atomic E-state index is -3.72. The standard InChI is InChI=1S/C17H21N3O4S/c1-19(2)16(12-14-6-4-3-5-7-14)13-18-25(23,24)17-10-8-15(9-11-17)20(21)22/h3-11,16,18H,12-13H2,1-2H3/t16-/m0/s1. The molecule has 0 saturated carbocycles. The Morgan fingerprint density at radius 2 is 1.68 bits per heavy atom. The third kappa shape index (κ3) is 5.35. The van der Waals surface area contributed by atoms with E-state index in [-0.39, 0.29) is 23.2 Å². The Morgan fingerprint density at radius 1 is 1.08 bits per heavy atom. The molecule has 7 nitrogen and oxygen atoms in total. The largest absolute Gasteiger partial charge is 0.305 e. The summed E-state index contributed by atoms with van der Waals surface area (Å²) in [4.78, 5) is 12.1. The van der Waals surface area contributed by atoms with Gasteiger partial charge in [-0.2, -0.15) is 0 Å². The van der Waals surface area contributed by atoms with Gasteiger partial charge in [0.25, 0.3) is 5.69 Å². The summed E-state index contributed by atoms with van der Waals surface area (Å²) in [6, 6.07) is 14.7. The van der Waals surface area contributed by atoms with Crippen LogP contribution in [0.4, 0.5) is 5.69 Å². The molecule has 25 heavy (non-hydrogen) atoms. The summed E-state index contributed by atoms with van der Waals surface area (Å²) in [5, 5.41) is 10.7. The predicted octanol–water partition coefficient (Wildman–Crippen LogP) is 2.05. The summed E-state index contributed by atoms with van der Waals surface area (Å²) in [5.74, 6) is 0. The third-order valence-electron chi connectivity index (χ3n) is 3.91. The van der Waals surface area contributed by atoms with Crippen molar-refractivity contribution in [1.82, 2.24) is 9.62 Å². The molecule has 0 unspecified atom stereocenters. The third-order valence-corrected chi connectivity index (χ3v) is 5.35. The van der Waals surface area contributed by atoms with Crippen molar-refractivity contribution >= 4 is 15.7 Å². The number of benzene rings is 2. The van der Waals surface area contributed by atoms with Crippen molar-refractivity contribution in [2.75, 3.05) is 20.6 Å². The second-order valence-electron chi connectivity index (χ2n) is 5.91. The van der Waals surface area contributed by atoms with Gasteiger partial charge in [-0.05, 0) is 38.2 Å². The molecule has 2 aromatic rings. The fourth-order valence-corrected chi connectivity index (χ4v) is 3.43. The molecule has 8 heteroatoms. The Balaban J connectivity index is 2.06. The predicted molar refractivity (Wildman–Crippen MR) is 95.9 cm³/mol. The summed E-state index contributed by atoms with van der Waals surface area (Å²) in [6.45, 7) is 0.237. The Labute approximate surface area is 147 Å².